The van der Waals surface area contributed by atoms with Gasteiger partial charge in [0.1, 0.15) is 11.3 Å². The zero-order valence-electron chi connectivity index (χ0n) is 14.6. The van der Waals surface area contributed by atoms with Crippen molar-refractivity contribution in [2.24, 2.45) is 0 Å². The zero-order chi connectivity index (χ0) is 19.4. The summed E-state index contributed by atoms with van der Waals surface area (Å²) in [4.78, 5) is 12.5. The van der Waals surface area contributed by atoms with Crippen molar-refractivity contribution < 1.29 is 17.6 Å². The summed E-state index contributed by atoms with van der Waals surface area (Å²) in [6, 6.07) is 14.8. The summed E-state index contributed by atoms with van der Waals surface area (Å²) in [5.41, 5.74) is 0.961. The molecular weight excluding hydrogens is 364 g/mol. The van der Waals surface area contributed by atoms with Crippen molar-refractivity contribution in [2.45, 2.75) is 17.9 Å². The molecule has 0 bridgehead atoms. The molecule has 6 nitrogen and oxygen atoms in total. The van der Waals surface area contributed by atoms with E-state index in [4.69, 9.17) is 10.8 Å². The first-order chi connectivity index (χ1) is 12.9. The smallest absolute Gasteiger partial charge is 0.251 e. The minimum Gasteiger partial charge on any atom is -0.459 e. The maximum atomic E-state index is 12.5. The lowest BCUT2D eigenvalue weighted by Gasteiger charge is -2.12. The molecule has 0 unspecified atom stereocenters. The molecule has 7 heteroatoms. The molecular formula is C20H18N2O4S. The van der Waals surface area contributed by atoms with Gasteiger partial charge in [-0.2, -0.15) is 4.72 Å². The van der Waals surface area contributed by atoms with Gasteiger partial charge in [0.25, 0.3) is 5.91 Å². The summed E-state index contributed by atoms with van der Waals surface area (Å²) < 4.78 is 32.3. The maximum absolute atomic E-state index is 12.5. The van der Waals surface area contributed by atoms with E-state index in [1.165, 1.54) is 18.2 Å². The molecule has 3 rings (SSSR count). The lowest BCUT2D eigenvalue weighted by Crippen LogP contribution is -2.27. The van der Waals surface area contributed by atoms with E-state index in [0.717, 1.165) is 11.0 Å². The second kappa shape index (κ2) is 7.66. The summed E-state index contributed by atoms with van der Waals surface area (Å²) >= 11 is 0. The summed E-state index contributed by atoms with van der Waals surface area (Å²) in [5.74, 6) is 2.42. The van der Waals surface area contributed by atoms with Crippen LogP contribution in [0.2, 0.25) is 0 Å². The van der Waals surface area contributed by atoms with Gasteiger partial charge in [-0.05, 0) is 37.3 Å². The Kier molecular flexibility index (Phi) is 5.31. The van der Waals surface area contributed by atoms with Crippen LogP contribution in [0, 0.1) is 12.3 Å². The number of nitrogens with one attached hydrogen (secondary N) is 2. The second-order valence-electron chi connectivity index (χ2n) is 5.94. The normalized spacial score (nSPS) is 12.4. The first kappa shape index (κ1) is 18.7. The fourth-order valence-electron chi connectivity index (χ4n) is 2.59. The van der Waals surface area contributed by atoms with Gasteiger partial charge in [-0.3, -0.25) is 4.79 Å². The number of furan rings is 1. The fourth-order valence-corrected chi connectivity index (χ4v) is 3.57. The molecule has 0 aliphatic rings. The monoisotopic (exact) mass is 382 g/mol. The summed E-state index contributed by atoms with van der Waals surface area (Å²) in [7, 11) is -3.77. The highest BCUT2D eigenvalue weighted by Gasteiger charge is 2.18. The van der Waals surface area contributed by atoms with E-state index in [-0.39, 0.29) is 23.0 Å². The van der Waals surface area contributed by atoms with E-state index in [0.29, 0.717) is 5.76 Å². The van der Waals surface area contributed by atoms with Gasteiger partial charge < -0.3 is 9.73 Å². The summed E-state index contributed by atoms with van der Waals surface area (Å²) in [5, 5.41) is 3.76. The van der Waals surface area contributed by atoms with Crippen LogP contribution < -0.4 is 10.0 Å². The van der Waals surface area contributed by atoms with Crippen molar-refractivity contribution in [3.8, 4) is 12.3 Å². The molecule has 1 heterocycles. The Morgan fingerprint density at radius 2 is 1.96 bits per heavy atom. The SMILES string of the molecule is C#CCNS(=O)(=O)c1cccc(C(=O)N[C@@H](C)c2cc3ccccc3o2)c1. The van der Waals surface area contributed by atoms with Crippen LogP contribution in [0.15, 0.2) is 63.9 Å². The van der Waals surface area contributed by atoms with Gasteiger partial charge in [0.15, 0.2) is 0 Å². The van der Waals surface area contributed by atoms with Crippen LogP contribution in [0.5, 0.6) is 0 Å². The Balaban J connectivity index is 1.78. The van der Waals surface area contributed by atoms with Crippen LogP contribution >= 0.6 is 0 Å². The predicted octanol–water partition coefficient (Wildman–Crippen LogP) is 2.84. The van der Waals surface area contributed by atoms with Crippen LogP contribution in [0.3, 0.4) is 0 Å². The van der Waals surface area contributed by atoms with Gasteiger partial charge in [0.05, 0.1) is 17.5 Å². The van der Waals surface area contributed by atoms with Crippen LogP contribution in [0.1, 0.15) is 29.1 Å². The van der Waals surface area contributed by atoms with Crippen molar-refractivity contribution in [2.75, 3.05) is 6.54 Å². The van der Waals surface area contributed by atoms with Crippen molar-refractivity contribution in [1.29, 1.82) is 0 Å². The number of fused-ring (bicyclic) bond motifs is 1. The molecule has 0 spiro atoms. The number of para-hydroxylation sites is 1. The number of carbonyl (C=O) groups excluding carboxylic acids is 1. The van der Waals surface area contributed by atoms with Gasteiger partial charge in [-0.25, -0.2) is 8.42 Å². The summed E-state index contributed by atoms with van der Waals surface area (Å²) in [6.07, 6.45) is 5.08. The third-order valence-electron chi connectivity index (χ3n) is 3.99. The zero-order valence-corrected chi connectivity index (χ0v) is 15.4. The third kappa shape index (κ3) is 4.19. The molecule has 3 aromatic rings. The molecule has 2 aromatic carbocycles. The Bertz CT molecular complexity index is 1090. The number of benzene rings is 2. The Morgan fingerprint density at radius 1 is 1.19 bits per heavy atom. The Hall–Kier alpha value is -3.08. The van der Waals surface area contributed by atoms with Gasteiger partial charge in [-0.1, -0.05) is 30.2 Å². The molecule has 0 aliphatic carbocycles. The molecule has 0 radical (unpaired) electrons. The van der Waals surface area contributed by atoms with Crippen LogP contribution in [0.25, 0.3) is 11.0 Å². The van der Waals surface area contributed by atoms with Crippen molar-refractivity contribution in [3.05, 3.63) is 65.9 Å². The van der Waals surface area contributed by atoms with E-state index < -0.39 is 15.9 Å². The Morgan fingerprint density at radius 3 is 2.70 bits per heavy atom. The van der Waals surface area contributed by atoms with Crippen molar-refractivity contribution >= 4 is 26.9 Å². The molecule has 0 saturated heterocycles. The fraction of sp³-hybridized carbons (Fsp3) is 0.150. The molecule has 0 aliphatic heterocycles. The average molecular weight is 382 g/mol. The number of hydrogen-bond acceptors (Lipinski definition) is 4. The van der Waals surface area contributed by atoms with Crippen LogP contribution in [-0.2, 0) is 10.0 Å². The van der Waals surface area contributed by atoms with Crippen molar-refractivity contribution in [1.82, 2.24) is 10.0 Å². The highest BCUT2D eigenvalue weighted by molar-refractivity contribution is 7.89. The molecule has 1 amide bonds. The first-order valence-electron chi connectivity index (χ1n) is 8.23. The van der Waals surface area contributed by atoms with E-state index in [1.807, 2.05) is 30.3 Å². The molecule has 27 heavy (non-hydrogen) atoms. The topological polar surface area (TPSA) is 88.4 Å². The number of carbonyl (C=O) groups is 1. The third-order valence-corrected chi connectivity index (χ3v) is 5.39. The first-order valence-corrected chi connectivity index (χ1v) is 9.71. The van der Waals surface area contributed by atoms with E-state index in [9.17, 15) is 13.2 Å². The van der Waals surface area contributed by atoms with Gasteiger partial charge in [0, 0.05) is 10.9 Å². The summed E-state index contributed by atoms with van der Waals surface area (Å²) in [6.45, 7) is 1.67. The van der Waals surface area contributed by atoms with Gasteiger partial charge in [0.2, 0.25) is 10.0 Å². The molecule has 1 aromatic heterocycles. The van der Waals surface area contributed by atoms with Crippen LogP contribution in [-0.4, -0.2) is 20.9 Å². The molecule has 2 N–H and O–H groups in total. The van der Waals surface area contributed by atoms with E-state index >= 15 is 0 Å². The standard InChI is InChI=1S/C20H18N2O4S/c1-3-11-21-27(24,25)17-9-6-8-16(12-17)20(23)22-14(2)19-13-15-7-4-5-10-18(15)26-19/h1,4-10,12-14,21H,11H2,2H3,(H,22,23)/t14-/m0/s1. The minimum atomic E-state index is -3.77. The predicted molar refractivity (Wildman–Crippen MR) is 103 cm³/mol. The van der Waals surface area contributed by atoms with E-state index in [1.54, 1.807) is 13.0 Å². The maximum Gasteiger partial charge on any atom is 0.251 e. The van der Waals surface area contributed by atoms with E-state index in [2.05, 4.69) is 16.0 Å². The highest BCUT2D eigenvalue weighted by atomic mass is 32.2. The minimum absolute atomic E-state index is 0.0261. The molecule has 0 saturated carbocycles. The molecule has 138 valence electrons. The number of rotatable bonds is 6. The van der Waals surface area contributed by atoms with Gasteiger partial charge >= 0.3 is 0 Å². The second-order valence-corrected chi connectivity index (χ2v) is 7.71. The quantitative estimate of drug-likeness (QED) is 0.642. The number of terminal acetylenes is 1. The van der Waals surface area contributed by atoms with Gasteiger partial charge in [-0.15, -0.1) is 6.42 Å². The van der Waals surface area contributed by atoms with Crippen LogP contribution in [0.4, 0.5) is 0 Å². The molecule has 1 atom stereocenters. The van der Waals surface area contributed by atoms with Crippen molar-refractivity contribution in [3.63, 3.8) is 0 Å². The number of amides is 1. The highest BCUT2D eigenvalue weighted by Crippen LogP contribution is 2.24. The molecule has 0 fully saturated rings. The number of hydrogen-bond donors (Lipinski definition) is 2. The average Bonchev–Trinajstić information content (AvgIpc) is 3.11. The lowest BCUT2D eigenvalue weighted by atomic mass is 10.1. The largest absolute Gasteiger partial charge is 0.459 e. The lowest BCUT2D eigenvalue weighted by molar-refractivity contribution is 0.0935. The number of sulfonamides is 1. The Labute approximate surface area is 157 Å².